The van der Waals surface area contributed by atoms with Gasteiger partial charge in [0.15, 0.2) is 0 Å². The van der Waals surface area contributed by atoms with Crippen molar-refractivity contribution in [1.29, 1.82) is 0 Å². The third-order valence-electron chi connectivity index (χ3n) is 2.33. The number of nitrogens with zero attached hydrogens (tertiary/aromatic N) is 1. The van der Waals surface area contributed by atoms with Gasteiger partial charge in [-0.2, -0.15) is 0 Å². The molecular weight excluding hydrogens is 146 g/mol. The van der Waals surface area contributed by atoms with E-state index in [1.54, 1.807) is 0 Å². The third kappa shape index (κ3) is 0.970. The Balaban J connectivity index is 2.37. The molecule has 1 nitrogen and oxygen atoms in total. The van der Waals surface area contributed by atoms with Crippen LogP contribution in [0, 0.1) is 0 Å². The summed E-state index contributed by atoms with van der Waals surface area (Å²) >= 11 is 0. The molecule has 0 N–H and O–H groups in total. The molecule has 0 fully saturated rings. The van der Waals surface area contributed by atoms with Crippen molar-refractivity contribution in [3.63, 3.8) is 0 Å². The Morgan fingerprint density at radius 1 is 1.33 bits per heavy atom. The van der Waals surface area contributed by atoms with Gasteiger partial charge >= 0.3 is 0 Å². The van der Waals surface area contributed by atoms with Crippen molar-refractivity contribution < 1.29 is 0 Å². The summed E-state index contributed by atoms with van der Waals surface area (Å²) in [6.07, 6.45) is 8.58. The van der Waals surface area contributed by atoms with Gasteiger partial charge in [0.2, 0.25) is 0 Å². The van der Waals surface area contributed by atoms with Crippen molar-refractivity contribution in [3.05, 3.63) is 34.6 Å². The van der Waals surface area contributed by atoms with Crippen LogP contribution in [0.4, 0.5) is 0 Å². The molecule has 2 rings (SSSR count). The van der Waals surface area contributed by atoms with Gasteiger partial charge in [0.05, 0.1) is 0 Å². The van der Waals surface area contributed by atoms with Crippen molar-refractivity contribution in [2.24, 2.45) is 4.99 Å². The van der Waals surface area contributed by atoms with Gasteiger partial charge in [-0.1, -0.05) is 25.5 Å². The largest absolute Gasteiger partial charge is 0.260 e. The van der Waals surface area contributed by atoms with Crippen LogP contribution in [0.25, 0.3) is 0 Å². The molecule has 62 valence electrons. The number of hydrogen-bond donors (Lipinski definition) is 0. The molecule has 0 saturated carbocycles. The van der Waals surface area contributed by atoms with Crippen LogP contribution in [-0.2, 0) is 0 Å². The molecule has 0 amide bonds. The second-order valence-electron chi connectivity index (χ2n) is 3.30. The SMILES string of the molecule is CCCC1=C2C(C)=CC=C2C=N1. The van der Waals surface area contributed by atoms with Gasteiger partial charge in [0, 0.05) is 23.1 Å². The molecule has 1 heteroatoms. The molecule has 2 aliphatic rings. The number of aliphatic imine (C=N–C) groups is 1. The second kappa shape index (κ2) is 2.74. The van der Waals surface area contributed by atoms with Crippen LogP contribution in [0.2, 0.25) is 0 Å². The van der Waals surface area contributed by atoms with Gasteiger partial charge in [0.25, 0.3) is 0 Å². The van der Waals surface area contributed by atoms with E-state index in [2.05, 4.69) is 31.0 Å². The number of allylic oxidation sites excluding steroid dienone is 6. The molecule has 0 bridgehead atoms. The lowest BCUT2D eigenvalue weighted by molar-refractivity contribution is 0.891. The van der Waals surface area contributed by atoms with E-state index in [0.717, 1.165) is 6.42 Å². The Bertz CT molecular complexity index is 327. The van der Waals surface area contributed by atoms with Crippen LogP contribution in [0.5, 0.6) is 0 Å². The Kier molecular flexibility index (Phi) is 1.72. The highest BCUT2D eigenvalue weighted by molar-refractivity contribution is 5.93. The topological polar surface area (TPSA) is 12.4 Å². The van der Waals surface area contributed by atoms with Crippen LogP contribution in [0.1, 0.15) is 26.7 Å². The van der Waals surface area contributed by atoms with E-state index in [4.69, 9.17) is 0 Å². The summed E-state index contributed by atoms with van der Waals surface area (Å²) < 4.78 is 0. The summed E-state index contributed by atoms with van der Waals surface area (Å²) in [7, 11) is 0. The maximum atomic E-state index is 4.41. The van der Waals surface area contributed by atoms with Crippen LogP contribution in [0.3, 0.4) is 0 Å². The Morgan fingerprint density at radius 2 is 2.17 bits per heavy atom. The standard InChI is InChI=1S/C11H13N/c1-3-4-10-11-8(2)5-6-9(11)7-12-10/h5-7H,3-4H2,1-2H3. The average molecular weight is 159 g/mol. The van der Waals surface area contributed by atoms with Crippen molar-refractivity contribution in [3.8, 4) is 0 Å². The molecule has 0 aromatic carbocycles. The minimum absolute atomic E-state index is 1.11. The third-order valence-corrected chi connectivity index (χ3v) is 2.33. The maximum absolute atomic E-state index is 4.41. The molecule has 0 unspecified atom stereocenters. The summed E-state index contributed by atoms with van der Waals surface area (Å²) in [6, 6.07) is 0. The quantitative estimate of drug-likeness (QED) is 0.587. The summed E-state index contributed by atoms with van der Waals surface area (Å²) in [4.78, 5) is 4.41. The van der Waals surface area contributed by atoms with Crippen molar-refractivity contribution in [1.82, 2.24) is 0 Å². The molecule has 12 heavy (non-hydrogen) atoms. The van der Waals surface area contributed by atoms with Gasteiger partial charge in [-0.05, 0) is 18.9 Å². The van der Waals surface area contributed by atoms with Crippen LogP contribution in [0.15, 0.2) is 39.6 Å². The minimum Gasteiger partial charge on any atom is -0.260 e. The first kappa shape index (κ1) is 7.53. The average Bonchev–Trinajstić information content (AvgIpc) is 2.58. The van der Waals surface area contributed by atoms with Gasteiger partial charge in [0.1, 0.15) is 0 Å². The van der Waals surface area contributed by atoms with E-state index in [-0.39, 0.29) is 0 Å². The van der Waals surface area contributed by atoms with Crippen LogP contribution < -0.4 is 0 Å². The first-order chi connectivity index (χ1) is 5.83. The molecular formula is C11H13N. The number of rotatable bonds is 2. The highest BCUT2D eigenvalue weighted by Gasteiger charge is 2.19. The summed E-state index contributed by atoms with van der Waals surface area (Å²) in [5.74, 6) is 0. The van der Waals surface area contributed by atoms with Crippen LogP contribution >= 0.6 is 0 Å². The zero-order chi connectivity index (χ0) is 8.55. The molecule has 0 saturated heterocycles. The lowest BCUT2D eigenvalue weighted by Gasteiger charge is -2.01. The van der Waals surface area contributed by atoms with E-state index in [1.807, 2.05) is 6.21 Å². The van der Waals surface area contributed by atoms with E-state index in [9.17, 15) is 0 Å². The zero-order valence-corrected chi connectivity index (χ0v) is 7.59. The highest BCUT2D eigenvalue weighted by Crippen LogP contribution is 2.34. The lowest BCUT2D eigenvalue weighted by Crippen LogP contribution is -1.86. The Morgan fingerprint density at radius 3 is 2.92 bits per heavy atom. The van der Waals surface area contributed by atoms with E-state index in [1.165, 1.54) is 28.8 Å². The summed E-state index contributed by atoms with van der Waals surface area (Å²) in [6.45, 7) is 4.35. The highest BCUT2D eigenvalue weighted by atomic mass is 14.8. The molecule has 0 radical (unpaired) electrons. The first-order valence-corrected chi connectivity index (χ1v) is 4.49. The van der Waals surface area contributed by atoms with Gasteiger partial charge in [-0.3, -0.25) is 4.99 Å². The van der Waals surface area contributed by atoms with Gasteiger partial charge in [-0.25, -0.2) is 0 Å². The molecule has 1 aliphatic carbocycles. The molecule has 0 spiro atoms. The Hall–Kier alpha value is -1.11. The number of fused-ring (bicyclic) bond motifs is 1. The lowest BCUT2D eigenvalue weighted by atomic mass is 10.0. The first-order valence-electron chi connectivity index (χ1n) is 4.49. The fourth-order valence-electron chi connectivity index (χ4n) is 1.75. The van der Waals surface area contributed by atoms with Crippen LogP contribution in [-0.4, -0.2) is 6.21 Å². The monoisotopic (exact) mass is 159 g/mol. The minimum atomic E-state index is 1.11. The Labute approximate surface area is 73.2 Å². The van der Waals surface area contributed by atoms with E-state index >= 15 is 0 Å². The van der Waals surface area contributed by atoms with Crippen molar-refractivity contribution in [2.45, 2.75) is 26.7 Å². The van der Waals surface area contributed by atoms with E-state index < -0.39 is 0 Å². The fraction of sp³-hybridized carbons (Fsp3) is 0.364. The zero-order valence-electron chi connectivity index (χ0n) is 7.59. The molecule has 0 atom stereocenters. The molecule has 1 heterocycles. The van der Waals surface area contributed by atoms with Gasteiger partial charge in [-0.15, -0.1) is 0 Å². The molecule has 0 aromatic heterocycles. The maximum Gasteiger partial charge on any atom is 0.0485 e. The van der Waals surface area contributed by atoms with E-state index in [0.29, 0.717) is 0 Å². The number of hydrogen-bond acceptors (Lipinski definition) is 1. The van der Waals surface area contributed by atoms with Crippen molar-refractivity contribution in [2.75, 3.05) is 0 Å². The summed E-state index contributed by atoms with van der Waals surface area (Å²) in [5.41, 5.74) is 5.33. The molecule has 1 aliphatic heterocycles. The fourth-order valence-corrected chi connectivity index (χ4v) is 1.75. The second-order valence-corrected chi connectivity index (χ2v) is 3.30. The predicted molar refractivity (Wildman–Crippen MR) is 52.3 cm³/mol. The van der Waals surface area contributed by atoms with Gasteiger partial charge < -0.3 is 0 Å². The summed E-state index contributed by atoms with van der Waals surface area (Å²) in [5, 5.41) is 0. The smallest absolute Gasteiger partial charge is 0.0485 e. The normalized spacial score (nSPS) is 19.8. The molecule has 0 aromatic rings. The predicted octanol–water partition coefficient (Wildman–Crippen LogP) is 3.01. The van der Waals surface area contributed by atoms with Crippen molar-refractivity contribution >= 4 is 6.21 Å².